The molecule has 46 heavy (non-hydrogen) atoms. The third-order valence-corrected chi connectivity index (χ3v) is 10.7. The first-order valence-electron chi connectivity index (χ1n) is 15.0. The van der Waals surface area contributed by atoms with E-state index in [-0.39, 0.29) is 26.5 Å². The Hall–Kier alpha value is -4.13. The van der Waals surface area contributed by atoms with Gasteiger partial charge in [0, 0.05) is 12.2 Å². The van der Waals surface area contributed by atoms with Crippen LogP contribution in [-0.4, -0.2) is 27.9 Å². The summed E-state index contributed by atoms with van der Waals surface area (Å²) in [5, 5.41) is 11.7. The Morgan fingerprint density at radius 1 is 0.674 bits per heavy atom. The van der Waals surface area contributed by atoms with E-state index in [1.165, 1.54) is 38.2 Å². The number of carbonyl (C=O) groups is 1. The van der Waals surface area contributed by atoms with Crippen LogP contribution in [0, 0.1) is 27.4 Å². The molecule has 0 spiro atoms. The van der Waals surface area contributed by atoms with Gasteiger partial charge in [-0.3, -0.25) is 4.79 Å². The van der Waals surface area contributed by atoms with Crippen molar-refractivity contribution in [3.8, 4) is 0 Å². The molecule has 0 unspecified atom stereocenters. The van der Waals surface area contributed by atoms with Crippen LogP contribution < -0.4 is 15.9 Å². The second-order valence-electron chi connectivity index (χ2n) is 10.9. The predicted molar refractivity (Wildman–Crippen MR) is 192 cm³/mol. The van der Waals surface area contributed by atoms with Crippen LogP contribution in [0.15, 0.2) is 146 Å². The van der Waals surface area contributed by atoms with Gasteiger partial charge in [0.25, 0.3) is 5.97 Å². The number of nitrogens with zero attached hydrogens (tertiary/aromatic N) is 2. The summed E-state index contributed by atoms with van der Waals surface area (Å²) in [5.74, 6) is -0.833. The molecule has 1 heterocycles. The van der Waals surface area contributed by atoms with Crippen molar-refractivity contribution in [1.29, 1.82) is 0 Å². The third kappa shape index (κ3) is 9.94. The molecular weight excluding hydrogens is 678 g/mol. The van der Waals surface area contributed by atoms with E-state index in [9.17, 15) is 0 Å². The minimum absolute atomic E-state index is 0. The summed E-state index contributed by atoms with van der Waals surface area (Å²) in [4.78, 5) is 13.3. The summed E-state index contributed by atoms with van der Waals surface area (Å²) in [6.07, 6.45) is 4.18. The van der Waals surface area contributed by atoms with Crippen molar-refractivity contribution in [3.05, 3.63) is 187 Å². The molecule has 238 valence electrons. The van der Waals surface area contributed by atoms with E-state index >= 15 is 0 Å². The number of carboxylic acids is 1. The van der Waals surface area contributed by atoms with Crippen LogP contribution in [-0.2, 0) is 25.2 Å². The van der Waals surface area contributed by atoms with Gasteiger partial charge in [0.15, 0.2) is 0 Å². The van der Waals surface area contributed by atoms with E-state index < -0.39 is 13.9 Å². The Labute approximate surface area is 289 Å². The summed E-state index contributed by atoms with van der Waals surface area (Å²) in [6.45, 7) is 11.9. The summed E-state index contributed by atoms with van der Waals surface area (Å²) >= 11 is 0. The van der Waals surface area contributed by atoms with Crippen molar-refractivity contribution in [2.24, 2.45) is 0 Å². The Bertz CT molecular complexity index is 1540. The largest absolute Gasteiger partial charge is 2.00 e. The predicted octanol–water partition coefficient (Wildman–Crippen LogP) is 7.68. The van der Waals surface area contributed by atoms with Crippen LogP contribution in [0.1, 0.15) is 40.8 Å². The minimum Gasteiger partial charge on any atom is -0.511 e. The van der Waals surface area contributed by atoms with Crippen molar-refractivity contribution in [2.45, 2.75) is 26.8 Å². The number of hydrogen-bond acceptors (Lipinski definition) is 3. The molecular formula is C40H42N2O2PPd+. The number of aliphatic carboxylic acids is 1. The number of hydrogen-bond donors (Lipinski definition) is 1. The average Bonchev–Trinajstić information content (AvgIpc) is 3.46. The van der Waals surface area contributed by atoms with Gasteiger partial charge in [-0.25, -0.2) is 0 Å². The van der Waals surface area contributed by atoms with Crippen LogP contribution in [0.2, 0.25) is 0 Å². The van der Waals surface area contributed by atoms with Gasteiger partial charge in [0.05, 0.1) is 24.6 Å². The number of aryl methyl sites for hydroxylation is 2. The molecule has 6 heteroatoms. The van der Waals surface area contributed by atoms with Crippen LogP contribution in [0.4, 0.5) is 0 Å². The van der Waals surface area contributed by atoms with E-state index in [0.29, 0.717) is 0 Å². The molecule has 1 aliphatic rings. The minimum atomic E-state index is -1.03. The first kappa shape index (κ1) is 36.3. The maximum Gasteiger partial charge on any atom is 2.00 e. The standard InChI is InChI=1S/C21H20P.C17H17N2.C2H4O2.Pd/c1-16-10-4-7-13-19(16)22(20-14-8-5-11-17(20)2)21-15-9-6-12-18(21)3;1-18-12-13-19(14-18)17(15-8-4-2-5-9-15)16-10-6-3-7-11-16;1-2(3)4;/h4-15H,1H2,2-3H3;2-14,17H,1H3;1H3,(H,3,4);/q2*-1;;+2/p+1. The molecule has 0 bridgehead atoms. The Morgan fingerprint density at radius 2 is 1.07 bits per heavy atom. The van der Waals surface area contributed by atoms with E-state index in [1.54, 1.807) is 0 Å². The fourth-order valence-electron chi connectivity index (χ4n) is 5.34. The van der Waals surface area contributed by atoms with Gasteiger partial charge in [-0.05, 0) is 67.7 Å². The molecule has 0 amide bonds. The number of rotatable bonds is 6. The van der Waals surface area contributed by atoms with Crippen molar-refractivity contribution in [1.82, 2.24) is 9.80 Å². The second kappa shape index (κ2) is 18.1. The van der Waals surface area contributed by atoms with Crippen LogP contribution >= 0.6 is 7.92 Å². The third-order valence-electron chi connectivity index (χ3n) is 7.43. The fraction of sp³-hybridized carbons (Fsp3) is 0.125. The van der Waals surface area contributed by atoms with Gasteiger partial charge in [0.1, 0.15) is 0 Å². The molecule has 6 rings (SSSR count). The molecule has 4 nitrogen and oxygen atoms in total. The van der Waals surface area contributed by atoms with Gasteiger partial charge in [-0.1, -0.05) is 109 Å². The summed E-state index contributed by atoms with van der Waals surface area (Å²) in [7, 11) is 1.02. The Morgan fingerprint density at radius 3 is 1.46 bits per heavy atom. The molecule has 0 saturated heterocycles. The van der Waals surface area contributed by atoms with Gasteiger partial charge in [-0.15, -0.1) is 6.07 Å². The Balaban J connectivity index is 0.000000222. The van der Waals surface area contributed by atoms with Crippen molar-refractivity contribution in [3.63, 3.8) is 0 Å². The smallest absolute Gasteiger partial charge is 0.511 e. The van der Waals surface area contributed by atoms with Crippen molar-refractivity contribution < 1.29 is 30.3 Å². The summed E-state index contributed by atoms with van der Waals surface area (Å²) < 4.78 is 0. The molecule has 0 aliphatic carbocycles. The normalized spacial score (nSPS) is 11.7. The van der Waals surface area contributed by atoms with Gasteiger partial charge >= 0.3 is 20.4 Å². The summed E-state index contributed by atoms with van der Waals surface area (Å²) in [6, 6.07) is 47.5. The maximum atomic E-state index is 9.00. The monoisotopic (exact) mass is 719 g/mol. The molecule has 1 N–H and O–H groups in total. The Kier molecular flexibility index (Phi) is 14.3. The molecule has 5 aromatic carbocycles. The molecule has 0 atom stereocenters. The van der Waals surface area contributed by atoms with Crippen molar-refractivity contribution >= 4 is 29.8 Å². The van der Waals surface area contributed by atoms with Gasteiger partial charge in [-0.2, -0.15) is 25.2 Å². The molecule has 0 aromatic heterocycles. The molecule has 0 saturated carbocycles. The summed E-state index contributed by atoms with van der Waals surface area (Å²) in [5.41, 5.74) is 6.46. The van der Waals surface area contributed by atoms with Crippen LogP contribution in [0.3, 0.4) is 0 Å². The molecule has 0 fully saturated rings. The van der Waals surface area contributed by atoms with Gasteiger partial charge in [0.2, 0.25) is 0 Å². The molecule has 5 aromatic rings. The first-order valence-corrected chi connectivity index (χ1v) is 16.5. The quantitative estimate of drug-likeness (QED) is 0.111. The van der Waals surface area contributed by atoms with Crippen molar-refractivity contribution in [2.75, 3.05) is 7.05 Å². The zero-order chi connectivity index (χ0) is 32.2. The fourth-order valence-corrected chi connectivity index (χ4v) is 8.35. The SMILES string of the molecule is CC(=O)O.CN1C=CN(C(c2ccccc2)c2ccccc2)[CH-]1.[CH2-]c1ccccc1[PH+](c1ccccc1C)c1ccccc1C.[Pd+2]. The zero-order valence-electron chi connectivity index (χ0n) is 26.8. The number of carboxylic acid groups (broad SMARTS) is 1. The topological polar surface area (TPSA) is 43.8 Å². The maximum absolute atomic E-state index is 9.00. The van der Waals surface area contributed by atoms with E-state index in [0.717, 1.165) is 12.5 Å². The average molecular weight is 720 g/mol. The van der Waals surface area contributed by atoms with E-state index in [2.05, 4.69) is 183 Å². The van der Waals surface area contributed by atoms with E-state index in [4.69, 9.17) is 9.90 Å². The van der Waals surface area contributed by atoms with E-state index in [1.807, 2.05) is 7.05 Å². The number of benzene rings is 5. The second-order valence-corrected chi connectivity index (χ2v) is 13.3. The first-order chi connectivity index (χ1) is 21.8. The zero-order valence-corrected chi connectivity index (χ0v) is 29.3. The van der Waals surface area contributed by atoms with Crippen LogP contribution in [0.5, 0.6) is 0 Å². The van der Waals surface area contributed by atoms with Gasteiger partial charge < -0.3 is 14.9 Å². The van der Waals surface area contributed by atoms with Crippen LogP contribution in [0.25, 0.3) is 0 Å². The molecule has 0 radical (unpaired) electrons. The molecule has 1 aliphatic heterocycles.